The Morgan fingerprint density at radius 1 is 1.38 bits per heavy atom. The van der Waals surface area contributed by atoms with Gasteiger partial charge in [-0.3, -0.25) is 0 Å². The number of ether oxygens (including phenoxy) is 1. The Hall–Kier alpha value is -1.69. The Bertz CT molecular complexity index is 752. The van der Waals surface area contributed by atoms with Gasteiger partial charge in [-0.2, -0.15) is 0 Å². The molecule has 0 atom stereocenters. The zero-order valence-electron chi connectivity index (χ0n) is 11.4. The molecule has 3 N–H and O–H groups in total. The van der Waals surface area contributed by atoms with Gasteiger partial charge in [-0.25, -0.2) is 4.98 Å². The number of aromatic amines is 1. The molecule has 0 aliphatic rings. The summed E-state index contributed by atoms with van der Waals surface area (Å²) >= 11 is 6.21. The largest absolute Gasteiger partial charge is 0.482 e. The number of fused-ring (bicyclic) bond motifs is 1. The van der Waals surface area contributed by atoms with Crippen LogP contribution in [-0.2, 0) is 13.2 Å². The third-order valence-corrected chi connectivity index (χ3v) is 3.26. The number of hydrogen-bond donors (Lipinski definition) is 2. The molecule has 0 amide bonds. The highest BCUT2D eigenvalue weighted by Gasteiger charge is 2.09. The molecule has 0 aliphatic heterocycles. The van der Waals surface area contributed by atoms with Gasteiger partial charge in [0.2, 0.25) is 5.89 Å². The van der Waals surface area contributed by atoms with E-state index < -0.39 is 0 Å². The first-order valence-electron chi connectivity index (χ1n) is 6.21. The van der Waals surface area contributed by atoms with E-state index in [-0.39, 0.29) is 19.0 Å². The van der Waals surface area contributed by atoms with Gasteiger partial charge in [0, 0.05) is 29.2 Å². The number of aromatic nitrogens is 2. The number of oxazole rings is 1. The molecule has 0 bridgehead atoms. The van der Waals surface area contributed by atoms with Gasteiger partial charge < -0.3 is 19.9 Å². The molecule has 0 spiro atoms. The topological polar surface area (TPSA) is 77.1 Å². The van der Waals surface area contributed by atoms with E-state index in [1.54, 1.807) is 6.20 Å². The highest BCUT2D eigenvalue weighted by Crippen LogP contribution is 2.30. The quantitative estimate of drug-likeness (QED) is 0.767. The molecule has 1 aromatic carbocycles. The fraction of sp³-hybridized carbons (Fsp3) is 0.214. The van der Waals surface area contributed by atoms with Gasteiger partial charge in [0.25, 0.3) is 0 Å². The smallest absolute Gasteiger partial charge is 0.232 e. The monoisotopic (exact) mass is 327 g/mol. The molecule has 0 aliphatic carbocycles. The molecule has 5 nitrogen and oxygen atoms in total. The highest BCUT2D eigenvalue weighted by molar-refractivity contribution is 6.32. The van der Waals surface area contributed by atoms with Crippen LogP contribution >= 0.6 is 24.0 Å². The van der Waals surface area contributed by atoms with Gasteiger partial charge in [-0.15, -0.1) is 12.4 Å². The highest BCUT2D eigenvalue weighted by atomic mass is 35.5. The van der Waals surface area contributed by atoms with Gasteiger partial charge in [-0.05, 0) is 19.1 Å². The molecule has 3 aromatic rings. The average molecular weight is 328 g/mol. The number of benzene rings is 1. The van der Waals surface area contributed by atoms with E-state index in [1.165, 1.54) is 0 Å². The molecule has 0 saturated heterocycles. The summed E-state index contributed by atoms with van der Waals surface area (Å²) < 4.78 is 11.0. The molecule has 2 heterocycles. The van der Waals surface area contributed by atoms with E-state index in [0.29, 0.717) is 23.2 Å². The zero-order chi connectivity index (χ0) is 14.1. The predicted molar refractivity (Wildman–Crippen MR) is 84.0 cm³/mol. The lowest BCUT2D eigenvalue weighted by Crippen LogP contribution is -1.96. The first-order chi connectivity index (χ1) is 9.65. The summed E-state index contributed by atoms with van der Waals surface area (Å²) in [7, 11) is 0. The summed E-state index contributed by atoms with van der Waals surface area (Å²) in [5.74, 6) is 1.86. The second-order valence-corrected chi connectivity index (χ2v) is 4.93. The van der Waals surface area contributed by atoms with Crippen LogP contribution in [0.5, 0.6) is 5.75 Å². The minimum atomic E-state index is 0. The molecular formula is C14H15Cl2N3O2. The maximum absolute atomic E-state index is 6.21. The molecule has 2 aromatic heterocycles. The van der Waals surface area contributed by atoms with Gasteiger partial charge in [0.15, 0.2) is 6.61 Å². The maximum Gasteiger partial charge on any atom is 0.232 e. The number of nitrogens with zero attached hydrogens (tertiary/aromatic N) is 1. The third-order valence-electron chi connectivity index (χ3n) is 2.97. The standard InChI is InChI=1S/C14H14ClN3O2.ClH/c1-8-6-17-14(20-8)7-19-13-4-12-9(3-11(13)15)2-10(5-16)18-12;/h2-4,6,18H,5,7,16H2,1H3;1H. The van der Waals surface area contributed by atoms with Gasteiger partial charge >= 0.3 is 0 Å². The second kappa shape index (κ2) is 6.39. The van der Waals surface area contributed by atoms with E-state index in [0.717, 1.165) is 22.4 Å². The Labute approximate surface area is 132 Å². The summed E-state index contributed by atoms with van der Waals surface area (Å²) in [4.78, 5) is 7.29. The minimum Gasteiger partial charge on any atom is -0.482 e. The first-order valence-corrected chi connectivity index (χ1v) is 6.59. The lowest BCUT2D eigenvalue weighted by Gasteiger charge is -2.06. The van der Waals surface area contributed by atoms with Crippen molar-refractivity contribution in [3.63, 3.8) is 0 Å². The van der Waals surface area contributed by atoms with E-state index in [1.807, 2.05) is 25.1 Å². The Morgan fingerprint density at radius 3 is 2.86 bits per heavy atom. The van der Waals surface area contributed by atoms with Crippen LogP contribution in [0.15, 0.2) is 28.8 Å². The third kappa shape index (κ3) is 3.32. The van der Waals surface area contributed by atoms with Crippen LogP contribution in [0, 0.1) is 6.92 Å². The molecule has 0 radical (unpaired) electrons. The lowest BCUT2D eigenvalue weighted by molar-refractivity contribution is 0.261. The summed E-state index contributed by atoms with van der Waals surface area (Å²) in [5, 5.41) is 1.55. The average Bonchev–Trinajstić information content (AvgIpc) is 3.01. The zero-order valence-corrected chi connectivity index (χ0v) is 12.9. The number of hydrogen-bond acceptors (Lipinski definition) is 4. The molecular weight excluding hydrogens is 313 g/mol. The number of H-pyrrole nitrogens is 1. The van der Waals surface area contributed by atoms with Crippen LogP contribution in [0.2, 0.25) is 5.02 Å². The maximum atomic E-state index is 6.21. The SMILES string of the molecule is Cc1cnc(COc2cc3[nH]c(CN)cc3cc2Cl)o1.Cl. The second-order valence-electron chi connectivity index (χ2n) is 4.52. The number of nitrogens with two attached hydrogens (primary N) is 1. The van der Waals surface area contributed by atoms with Crippen LogP contribution in [0.25, 0.3) is 10.9 Å². The molecule has 112 valence electrons. The molecule has 3 rings (SSSR count). The molecule has 7 heteroatoms. The van der Waals surface area contributed by atoms with Crippen LogP contribution in [0.1, 0.15) is 17.3 Å². The van der Waals surface area contributed by atoms with Crippen molar-refractivity contribution >= 4 is 34.9 Å². The van der Waals surface area contributed by atoms with Gasteiger partial charge in [-0.1, -0.05) is 11.6 Å². The van der Waals surface area contributed by atoms with Crippen molar-refractivity contribution in [3.05, 3.63) is 46.8 Å². The molecule has 21 heavy (non-hydrogen) atoms. The summed E-state index contributed by atoms with van der Waals surface area (Å²) in [6.45, 7) is 2.53. The minimum absolute atomic E-state index is 0. The Morgan fingerprint density at radius 2 is 2.19 bits per heavy atom. The van der Waals surface area contributed by atoms with Crippen LogP contribution in [-0.4, -0.2) is 9.97 Å². The van der Waals surface area contributed by atoms with Crippen molar-refractivity contribution in [3.8, 4) is 5.75 Å². The van der Waals surface area contributed by atoms with E-state index in [9.17, 15) is 0 Å². The summed E-state index contributed by atoms with van der Waals surface area (Å²) in [6, 6.07) is 5.68. The number of rotatable bonds is 4. The molecule has 0 saturated carbocycles. The van der Waals surface area contributed by atoms with Gasteiger partial charge in [0.05, 0.1) is 11.2 Å². The number of nitrogens with one attached hydrogen (secondary N) is 1. The van der Waals surface area contributed by atoms with Crippen molar-refractivity contribution in [2.75, 3.05) is 0 Å². The Kier molecular flexibility index (Phi) is 4.77. The van der Waals surface area contributed by atoms with Crippen molar-refractivity contribution < 1.29 is 9.15 Å². The fourth-order valence-electron chi connectivity index (χ4n) is 2.02. The van der Waals surface area contributed by atoms with Crippen LogP contribution in [0.3, 0.4) is 0 Å². The Balaban J connectivity index is 0.00000161. The normalized spacial score (nSPS) is 10.6. The van der Waals surface area contributed by atoms with Crippen LogP contribution in [0.4, 0.5) is 0 Å². The number of halogens is 2. The molecule has 0 unspecified atom stereocenters. The summed E-state index contributed by atoms with van der Waals surface area (Å²) in [5.41, 5.74) is 7.50. The van der Waals surface area contributed by atoms with Crippen LogP contribution < -0.4 is 10.5 Å². The van der Waals surface area contributed by atoms with Crippen molar-refractivity contribution in [1.82, 2.24) is 9.97 Å². The fourth-order valence-corrected chi connectivity index (χ4v) is 2.25. The number of aryl methyl sites for hydroxylation is 1. The summed E-state index contributed by atoms with van der Waals surface area (Å²) in [6.07, 6.45) is 1.65. The van der Waals surface area contributed by atoms with Crippen molar-refractivity contribution in [2.24, 2.45) is 5.73 Å². The van der Waals surface area contributed by atoms with Crippen molar-refractivity contribution in [2.45, 2.75) is 20.1 Å². The molecule has 0 fully saturated rings. The lowest BCUT2D eigenvalue weighted by atomic mass is 10.2. The van der Waals surface area contributed by atoms with Gasteiger partial charge in [0.1, 0.15) is 11.5 Å². The van der Waals surface area contributed by atoms with Crippen molar-refractivity contribution in [1.29, 1.82) is 0 Å². The van der Waals surface area contributed by atoms with E-state index >= 15 is 0 Å². The van der Waals surface area contributed by atoms with E-state index in [4.69, 9.17) is 26.5 Å². The predicted octanol–water partition coefficient (Wildman–Crippen LogP) is 3.58. The first kappa shape index (κ1) is 15.7. The van der Waals surface area contributed by atoms with E-state index in [2.05, 4.69) is 9.97 Å².